The quantitative estimate of drug-likeness (QED) is 0.240. The number of pyridine rings is 1. The normalized spacial score (nSPS) is 14.5. The number of fused-ring (bicyclic) bond motifs is 1. The maximum atomic E-state index is 14.0. The van der Waals surface area contributed by atoms with Gasteiger partial charge in [0, 0.05) is 41.2 Å². The molecule has 0 spiro atoms. The number of carbonyl (C=O) groups is 1. The molecule has 10 heteroatoms. The van der Waals surface area contributed by atoms with Gasteiger partial charge in [0.1, 0.15) is 24.1 Å². The number of carboxylic acids is 1. The number of benzene rings is 2. The third-order valence-corrected chi connectivity index (χ3v) is 7.57. The summed E-state index contributed by atoms with van der Waals surface area (Å²) in [6.45, 7) is 2.88. The van der Waals surface area contributed by atoms with Crippen LogP contribution in [-0.4, -0.2) is 48.6 Å². The number of carboxylic acid groups (broad SMARTS) is 1. The first-order valence-electron chi connectivity index (χ1n) is 13.5. The number of H-pyrrole nitrogens is 1. The fraction of sp³-hybridized carbons (Fsp3) is 0.258. The van der Waals surface area contributed by atoms with E-state index in [0.29, 0.717) is 19.0 Å². The Morgan fingerprint density at radius 2 is 1.85 bits per heavy atom. The molecule has 6 rings (SSSR count). The summed E-state index contributed by atoms with van der Waals surface area (Å²) >= 11 is 0. The van der Waals surface area contributed by atoms with E-state index in [4.69, 9.17) is 9.72 Å². The summed E-state index contributed by atoms with van der Waals surface area (Å²) in [6, 6.07) is 18.0. The SMILES string of the molecule is O=C(O)c1ccc2nc(CN3CCC(c4cccc(OCc5ccc(F)cc5F)n4)CC3)n(Cc3ccc[nH]3)c2c1. The predicted molar refractivity (Wildman–Crippen MR) is 149 cm³/mol. The molecule has 1 fully saturated rings. The van der Waals surface area contributed by atoms with E-state index in [0.717, 1.165) is 60.2 Å². The molecule has 1 saturated heterocycles. The standard InChI is InChI=1S/C31H29F2N5O3/c32-23-8-6-22(25(33)16-23)19-41-30-5-1-4-26(36-30)20-10-13-37(14-11-20)18-29-35-27-9-7-21(31(39)40)15-28(27)38(29)17-24-3-2-12-34-24/h1-9,12,15-16,20,34H,10-11,13-14,17-19H2,(H,39,40). The molecule has 0 unspecified atom stereocenters. The Labute approximate surface area is 235 Å². The van der Waals surface area contributed by atoms with Gasteiger partial charge in [0.25, 0.3) is 0 Å². The molecule has 4 heterocycles. The Hall–Kier alpha value is -4.57. The molecular weight excluding hydrogens is 528 g/mol. The number of imidazole rings is 1. The molecule has 0 bridgehead atoms. The lowest BCUT2D eigenvalue weighted by molar-refractivity contribution is 0.0697. The number of hydrogen-bond donors (Lipinski definition) is 2. The largest absolute Gasteiger partial charge is 0.478 e. The van der Waals surface area contributed by atoms with Crippen LogP contribution in [0.15, 0.2) is 72.9 Å². The van der Waals surface area contributed by atoms with Crippen molar-refractivity contribution in [2.45, 2.75) is 38.5 Å². The monoisotopic (exact) mass is 557 g/mol. The fourth-order valence-corrected chi connectivity index (χ4v) is 5.35. The summed E-state index contributed by atoms with van der Waals surface area (Å²) in [6.07, 6.45) is 3.68. The van der Waals surface area contributed by atoms with Crippen LogP contribution in [0.4, 0.5) is 8.78 Å². The minimum Gasteiger partial charge on any atom is -0.478 e. The minimum absolute atomic E-state index is 0.0293. The van der Waals surface area contributed by atoms with Crippen molar-refractivity contribution in [2.75, 3.05) is 13.1 Å². The average molecular weight is 558 g/mol. The third kappa shape index (κ3) is 5.97. The molecule has 3 aromatic heterocycles. The van der Waals surface area contributed by atoms with Gasteiger partial charge >= 0.3 is 5.97 Å². The first-order chi connectivity index (χ1) is 19.9. The molecule has 0 radical (unpaired) electrons. The third-order valence-electron chi connectivity index (χ3n) is 7.57. The highest BCUT2D eigenvalue weighted by Crippen LogP contribution is 2.29. The second-order valence-electron chi connectivity index (χ2n) is 10.3. The second-order valence-corrected chi connectivity index (χ2v) is 10.3. The van der Waals surface area contributed by atoms with Crippen molar-refractivity contribution in [3.63, 3.8) is 0 Å². The van der Waals surface area contributed by atoms with E-state index in [1.807, 2.05) is 30.5 Å². The van der Waals surface area contributed by atoms with E-state index in [-0.39, 0.29) is 23.7 Å². The number of likely N-dealkylation sites (tertiary alicyclic amines) is 1. The van der Waals surface area contributed by atoms with Crippen LogP contribution in [-0.2, 0) is 19.7 Å². The van der Waals surface area contributed by atoms with E-state index in [1.54, 1.807) is 24.3 Å². The Morgan fingerprint density at radius 1 is 1.00 bits per heavy atom. The van der Waals surface area contributed by atoms with Gasteiger partial charge in [-0.25, -0.2) is 23.5 Å². The van der Waals surface area contributed by atoms with Crippen LogP contribution in [0.3, 0.4) is 0 Å². The molecule has 2 N–H and O–H groups in total. The number of aromatic amines is 1. The van der Waals surface area contributed by atoms with Crippen molar-refractivity contribution >= 4 is 17.0 Å². The van der Waals surface area contributed by atoms with Gasteiger partial charge in [-0.3, -0.25) is 4.90 Å². The molecule has 0 atom stereocenters. The van der Waals surface area contributed by atoms with Gasteiger partial charge in [-0.2, -0.15) is 0 Å². The van der Waals surface area contributed by atoms with Gasteiger partial charge in [-0.1, -0.05) is 6.07 Å². The summed E-state index contributed by atoms with van der Waals surface area (Å²) in [4.78, 5) is 26.7. The van der Waals surface area contributed by atoms with Crippen LogP contribution in [0, 0.1) is 11.6 Å². The van der Waals surface area contributed by atoms with E-state index in [1.165, 1.54) is 12.1 Å². The molecule has 5 aromatic rings. The van der Waals surface area contributed by atoms with E-state index >= 15 is 0 Å². The maximum absolute atomic E-state index is 14.0. The van der Waals surface area contributed by atoms with Crippen LogP contribution >= 0.6 is 0 Å². The number of nitrogens with zero attached hydrogens (tertiary/aromatic N) is 4. The molecule has 0 amide bonds. The molecular formula is C31H29F2N5O3. The molecule has 41 heavy (non-hydrogen) atoms. The lowest BCUT2D eigenvalue weighted by Gasteiger charge is -2.31. The smallest absolute Gasteiger partial charge is 0.335 e. The number of hydrogen-bond acceptors (Lipinski definition) is 5. The van der Waals surface area contributed by atoms with Crippen molar-refractivity contribution in [2.24, 2.45) is 0 Å². The topological polar surface area (TPSA) is 96.3 Å². The van der Waals surface area contributed by atoms with Crippen LogP contribution in [0.1, 0.15) is 51.9 Å². The summed E-state index contributed by atoms with van der Waals surface area (Å²) < 4.78 is 35.0. The lowest BCUT2D eigenvalue weighted by atomic mass is 9.93. The van der Waals surface area contributed by atoms with Crippen molar-refractivity contribution in [3.8, 4) is 5.88 Å². The molecule has 0 aliphatic carbocycles. The zero-order valence-electron chi connectivity index (χ0n) is 22.3. The zero-order chi connectivity index (χ0) is 28.3. The summed E-state index contributed by atoms with van der Waals surface area (Å²) in [5, 5.41) is 9.51. The number of halogens is 2. The molecule has 2 aromatic carbocycles. The van der Waals surface area contributed by atoms with Crippen molar-refractivity contribution in [1.82, 2.24) is 24.4 Å². The summed E-state index contributed by atoms with van der Waals surface area (Å²) in [5.41, 5.74) is 4.02. The summed E-state index contributed by atoms with van der Waals surface area (Å²) in [5.74, 6) is -0.674. The Balaban J connectivity index is 1.13. The minimum atomic E-state index is -0.964. The number of aromatic carboxylic acids is 1. The van der Waals surface area contributed by atoms with Gasteiger partial charge in [-0.15, -0.1) is 0 Å². The number of nitrogens with one attached hydrogen (secondary N) is 1. The zero-order valence-corrected chi connectivity index (χ0v) is 22.3. The van der Waals surface area contributed by atoms with Crippen LogP contribution < -0.4 is 4.74 Å². The molecule has 8 nitrogen and oxygen atoms in total. The molecule has 210 valence electrons. The Bertz CT molecular complexity index is 1680. The van der Waals surface area contributed by atoms with Crippen LogP contribution in [0.25, 0.3) is 11.0 Å². The fourth-order valence-electron chi connectivity index (χ4n) is 5.35. The van der Waals surface area contributed by atoms with Gasteiger partial charge < -0.3 is 19.4 Å². The first kappa shape index (κ1) is 26.6. The van der Waals surface area contributed by atoms with E-state index in [2.05, 4.69) is 19.4 Å². The number of piperidine rings is 1. The maximum Gasteiger partial charge on any atom is 0.335 e. The summed E-state index contributed by atoms with van der Waals surface area (Å²) in [7, 11) is 0. The molecule has 0 saturated carbocycles. The lowest BCUT2D eigenvalue weighted by Crippen LogP contribution is -2.33. The van der Waals surface area contributed by atoms with Crippen molar-refractivity contribution < 1.29 is 23.4 Å². The highest BCUT2D eigenvalue weighted by atomic mass is 19.1. The first-order valence-corrected chi connectivity index (χ1v) is 13.5. The Morgan fingerprint density at radius 3 is 2.61 bits per heavy atom. The van der Waals surface area contributed by atoms with Crippen LogP contribution in [0.2, 0.25) is 0 Å². The van der Waals surface area contributed by atoms with E-state index < -0.39 is 17.6 Å². The predicted octanol–water partition coefficient (Wildman–Crippen LogP) is 5.74. The van der Waals surface area contributed by atoms with E-state index in [9.17, 15) is 18.7 Å². The van der Waals surface area contributed by atoms with Gasteiger partial charge in [0.2, 0.25) is 5.88 Å². The van der Waals surface area contributed by atoms with Gasteiger partial charge in [0.05, 0.1) is 29.7 Å². The van der Waals surface area contributed by atoms with Gasteiger partial charge in [-0.05, 0) is 74.5 Å². The van der Waals surface area contributed by atoms with Crippen molar-refractivity contribution in [1.29, 1.82) is 0 Å². The molecule has 1 aliphatic rings. The Kier molecular flexibility index (Phi) is 7.47. The van der Waals surface area contributed by atoms with Crippen molar-refractivity contribution in [3.05, 3.63) is 113 Å². The average Bonchev–Trinajstić information content (AvgIpc) is 3.61. The highest BCUT2D eigenvalue weighted by Gasteiger charge is 2.24. The molecule has 1 aliphatic heterocycles. The van der Waals surface area contributed by atoms with Gasteiger partial charge in [0.15, 0.2) is 0 Å². The second kappa shape index (κ2) is 11.5. The highest BCUT2D eigenvalue weighted by molar-refractivity contribution is 5.92. The number of rotatable bonds is 9. The van der Waals surface area contributed by atoms with Crippen LogP contribution in [0.5, 0.6) is 5.88 Å². The number of aromatic nitrogens is 4. The number of ether oxygens (including phenoxy) is 1.